The van der Waals surface area contributed by atoms with E-state index in [4.69, 9.17) is 0 Å². The van der Waals surface area contributed by atoms with Crippen LogP contribution in [0.2, 0.25) is 26.2 Å². The van der Waals surface area contributed by atoms with Gasteiger partial charge in [0.15, 0.2) is 0 Å². The Hall–Kier alpha value is -5.02. The number of rotatable bonds is 4. The van der Waals surface area contributed by atoms with E-state index >= 15 is 0 Å². The van der Waals surface area contributed by atoms with Crippen molar-refractivity contribution >= 4 is 54.0 Å². The second-order valence-electron chi connectivity index (χ2n) is 18.8. The molecular weight excluding hydrogens is 1130 g/mol. The zero-order valence-corrected chi connectivity index (χ0v) is 52.3. The first kappa shape index (κ1) is 59.9. The first-order valence-electron chi connectivity index (χ1n) is 24.7. The van der Waals surface area contributed by atoms with Crippen LogP contribution in [-0.2, 0) is 46.7 Å². The third-order valence-electron chi connectivity index (χ3n) is 11.9. The molecule has 12 aromatic carbocycles. The number of hydrogen-bond donors (Lipinski definition) is 0. The quantitative estimate of drug-likeness (QED) is 0.122. The number of aryl methyl sites for hydroxylation is 4. The molecule has 0 saturated heterocycles. The van der Waals surface area contributed by atoms with Crippen LogP contribution >= 0.6 is 0 Å². The summed E-state index contributed by atoms with van der Waals surface area (Å²) in [4.78, 5) is 0. The fourth-order valence-electron chi connectivity index (χ4n) is 9.02. The van der Waals surface area contributed by atoms with E-state index in [9.17, 15) is 0 Å². The third-order valence-corrected chi connectivity index (χ3v) is 11.9. The number of benzene rings is 8. The summed E-state index contributed by atoms with van der Waals surface area (Å²) < 4.78 is 0. The van der Waals surface area contributed by atoms with Crippen LogP contribution in [-0.4, -0.2) is 10.9 Å². The van der Waals surface area contributed by atoms with Gasteiger partial charge in [-0.1, -0.05) is 196 Å². The van der Waals surface area contributed by atoms with Gasteiger partial charge in [-0.2, -0.15) is 24.3 Å². The maximum absolute atomic E-state index is 2.31. The van der Waals surface area contributed by atoms with Crippen LogP contribution in [0.3, 0.4) is 0 Å². The van der Waals surface area contributed by atoms with E-state index in [1.54, 1.807) is 46.7 Å². The van der Waals surface area contributed by atoms with Gasteiger partial charge in [-0.25, -0.2) is 0 Å². The number of hydrogen-bond acceptors (Lipinski definition) is 0. The summed E-state index contributed by atoms with van der Waals surface area (Å²) in [6.45, 7) is 17.8. The van der Waals surface area contributed by atoms with Crippen molar-refractivity contribution in [3.05, 3.63) is 265 Å². The molecule has 0 atom stereocenters. The van der Waals surface area contributed by atoms with Crippen molar-refractivity contribution in [2.75, 3.05) is 0 Å². The van der Waals surface area contributed by atoms with E-state index < -0.39 is 0 Å². The summed E-state index contributed by atoms with van der Waals surface area (Å²) in [7, 11) is 0. The molecule has 12 aromatic rings. The normalized spacial score (nSPS) is 10.1. The molecule has 0 aliphatic heterocycles. The van der Waals surface area contributed by atoms with Crippen LogP contribution in [0.1, 0.15) is 22.3 Å². The molecule has 6 heteroatoms. The van der Waals surface area contributed by atoms with Gasteiger partial charge in [0.1, 0.15) is 0 Å². The molecular formula is C68H64Cl2Si2Zr2-2. The molecule has 74 heavy (non-hydrogen) atoms. The largest absolute Gasteiger partial charge is 1.00 e. The summed E-state index contributed by atoms with van der Waals surface area (Å²) in [5, 5.41) is 10.7. The van der Waals surface area contributed by atoms with Gasteiger partial charge in [0.05, 0.1) is 0 Å². The van der Waals surface area contributed by atoms with Gasteiger partial charge in [-0.3, -0.25) is 0 Å². The topological polar surface area (TPSA) is 0 Å². The smallest absolute Gasteiger partial charge is 0.0279 e. The molecule has 0 fully saturated rings. The summed E-state index contributed by atoms with van der Waals surface area (Å²) in [5.41, 5.74) is 16.2. The van der Waals surface area contributed by atoms with Crippen LogP contribution in [0, 0.1) is 27.7 Å². The zero-order chi connectivity index (χ0) is 51.0. The van der Waals surface area contributed by atoms with Crippen molar-refractivity contribution in [2.24, 2.45) is 0 Å². The molecule has 0 nitrogen and oxygen atoms in total. The molecule has 12 rings (SSSR count). The Labute approximate surface area is 484 Å². The molecule has 0 unspecified atom stereocenters. The standard InChI is InChI=1S/4C16H13.2C2H6Si.2ClH.2Zr/c4*1-12-10-14-8-5-9-15(16(14)11-12)13-6-3-2-4-7-13;2*1-3-2;;;;/h4*2-11H,1H3;2*1-2H3;2*1H;;/q4*-1;;;;;2*+2/p-2. The van der Waals surface area contributed by atoms with E-state index in [1.807, 2.05) is 0 Å². The molecule has 368 valence electrons. The van der Waals surface area contributed by atoms with E-state index in [0.29, 0.717) is 0 Å². The second kappa shape index (κ2) is 29.9. The van der Waals surface area contributed by atoms with Gasteiger partial charge >= 0.3 is 83.7 Å². The van der Waals surface area contributed by atoms with Crippen molar-refractivity contribution in [1.29, 1.82) is 0 Å². The van der Waals surface area contributed by atoms with E-state index in [2.05, 4.69) is 297 Å². The maximum Gasteiger partial charge on any atom is -0.0279 e. The summed E-state index contributed by atoms with van der Waals surface area (Å²) >= 11 is 3.48. The fraction of sp³-hybridized carbons (Fsp3) is 0.118. The van der Waals surface area contributed by atoms with Gasteiger partial charge < -0.3 is 24.8 Å². The van der Waals surface area contributed by atoms with Gasteiger partial charge in [0, 0.05) is 0 Å². The van der Waals surface area contributed by atoms with Crippen LogP contribution in [0.4, 0.5) is 0 Å². The Morgan fingerprint density at radius 2 is 0.446 bits per heavy atom. The van der Waals surface area contributed by atoms with Crippen LogP contribution in [0.15, 0.2) is 243 Å². The summed E-state index contributed by atoms with van der Waals surface area (Å²) in [6, 6.07) is 86.2. The van der Waals surface area contributed by atoms with Gasteiger partial charge in [0.2, 0.25) is 0 Å². The summed E-state index contributed by atoms with van der Waals surface area (Å²) in [5.74, 6) is 0. The van der Waals surface area contributed by atoms with Gasteiger partial charge in [0.25, 0.3) is 0 Å². The van der Waals surface area contributed by atoms with Crippen molar-refractivity contribution in [2.45, 2.75) is 53.9 Å². The minimum Gasteiger partial charge on any atom is -1.00 e. The molecule has 0 aromatic heterocycles. The molecule has 0 heterocycles. The monoisotopic (exact) mass is 1190 g/mol. The van der Waals surface area contributed by atoms with Crippen LogP contribution in [0.5, 0.6) is 0 Å². The predicted octanol–water partition coefficient (Wildman–Crippen LogP) is 13.7. The van der Waals surface area contributed by atoms with Crippen molar-refractivity contribution < 1.29 is 71.5 Å². The molecule has 0 aliphatic rings. The van der Waals surface area contributed by atoms with Crippen molar-refractivity contribution in [3.8, 4) is 44.5 Å². The minimum absolute atomic E-state index is 0. The molecule has 0 saturated carbocycles. The molecule has 0 amide bonds. The molecule has 0 spiro atoms. The van der Waals surface area contributed by atoms with Crippen molar-refractivity contribution in [3.63, 3.8) is 0 Å². The molecule has 0 aliphatic carbocycles. The van der Waals surface area contributed by atoms with E-state index in [1.165, 1.54) is 110 Å². The Bertz CT molecular complexity index is 3160. The van der Waals surface area contributed by atoms with E-state index in [-0.39, 0.29) is 35.7 Å². The first-order chi connectivity index (χ1) is 34.8. The number of halogens is 2. The molecule has 0 radical (unpaired) electrons. The maximum atomic E-state index is 2.31. The second-order valence-corrected chi connectivity index (χ2v) is 37.6. The Balaban J connectivity index is 0.000000173. The molecule has 0 bridgehead atoms. The summed E-state index contributed by atoms with van der Waals surface area (Å²) in [6.07, 6.45) is 0. The van der Waals surface area contributed by atoms with Gasteiger partial charge in [-0.15, -0.1) is 138 Å². The average molecular weight is 1190 g/mol. The zero-order valence-electron chi connectivity index (χ0n) is 43.8. The Morgan fingerprint density at radius 1 is 0.270 bits per heavy atom. The average Bonchev–Trinajstić information content (AvgIpc) is 4.18. The van der Waals surface area contributed by atoms with Crippen molar-refractivity contribution in [1.82, 2.24) is 0 Å². The Morgan fingerprint density at radius 3 is 0.622 bits per heavy atom. The Kier molecular flexibility index (Phi) is 24.2. The number of fused-ring (bicyclic) bond motifs is 4. The first-order valence-corrected chi connectivity index (χ1v) is 37.1. The fourth-order valence-corrected chi connectivity index (χ4v) is 9.02. The van der Waals surface area contributed by atoms with Crippen LogP contribution < -0.4 is 24.8 Å². The SMILES string of the molecule is C[Si](C)=[Zr+2].C[Si](C)=[Zr+2].Cc1cc2c(-c3ccccc3)cccc2[cH-]1.Cc1cc2c(-c3ccccc3)cccc2[cH-]1.Cc1cc2c(-c3ccccc3)cccc2[cH-]1.Cc1cc2c(-c3ccccc3)cccc2[cH-]1.[Cl-].[Cl-]. The molecule has 0 N–H and O–H groups in total. The van der Waals surface area contributed by atoms with E-state index in [0.717, 1.165) is 0 Å². The van der Waals surface area contributed by atoms with Crippen LogP contribution in [0.25, 0.3) is 87.6 Å². The van der Waals surface area contributed by atoms with Gasteiger partial charge in [-0.05, 0) is 22.3 Å². The minimum atomic E-state index is 0. The third kappa shape index (κ3) is 17.0. The predicted molar refractivity (Wildman–Crippen MR) is 314 cm³/mol.